The van der Waals surface area contributed by atoms with E-state index in [1.54, 1.807) is 19.3 Å². The van der Waals surface area contributed by atoms with Crippen LogP contribution in [0.5, 0.6) is 11.5 Å². The molecule has 0 aromatic heterocycles. The van der Waals surface area contributed by atoms with Crippen LogP contribution in [0.2, 0.25) is 0 Å². The molecular formula is C21H19Br2NO4S. The summed E-state index contributed by atoms with van der Waals surface area (Å²) in [7, 11) is 1.56. The monoisotopic (exact) mass is 539 g/mol. The third kappa shape index (κ3) is 5.05. The van der Waals surface area contributed by atoms with E-state index in [1.807, 2.05) is 44.2 Å². The molecule has 2 amide bonds. The number of carbonyl (C=O) groups is 2. The molecule has 0 saturated carbocycles. The predicted molar refractivity (Wildman–Crippen MR) is 122 cm³/mol. The van der Waals surface area contributed by atoms with E-state index < -0.39 is 0 Å². The Balaban J connectivity index is 1.84. The first-order valence-electron chi connectivity index (χ1n) is 8.82. The van der Waals surface area contributed by atoms with Crippen LogP contribution in [0.25, 0.3) is 6.08 Å². The lowest BCUT2D eigenvalue weighted by Crippen LogP contribution is -2.34. The highest BCUT2D eigenvalue weighted by Gasteiger charge is 2.36. The summed E-state index contributed by atoms with van der Waals surface area (Å²) in [4.78, 5) is 26.2. The molecule has 1 aliphatic heterocycles. The number of methoxy groups -OCH3 is 1. The molecule has 1 fully saturated rings. The van der Waals surface area contributed by atoms with Crippen molar-refractivity contribution in [2.75, 3.05) is 7.11 Å². The van der Waals surface area contributed by atoms with Crippen molar-refractivity contribution in [2.45, 2.75) is 26.5 Å². The van der Waals surface area contributed by atoms with Gasteiger partial charge in [0.15, 0.2) is 11.5 Å². The molecular weight excluding hydrogens is 522 g/mol. The van der Waals surface area contributed by atoms with Crippen LogP contribution in [0.3, 0.4) is 0 Å². The van der Waals surface area contributed by atoms with Crippen molar-refractivity contribution in [3.8, 4) is 11.5 Å². The first-order valence-corrected chi connectivity index (χ1v) is 11.2. The quantitative estimate of drug-likeness (QED) is 0.406. The van der Waals surface area contributed by atoms with Crippen LogP contribution in [0.4, 0.5) is 4.79 Å². The van der Waals surface area contributed by atoms with Gasteiger partial charge < -0.3 is 9.47 Å². The maximum absolute atomic E-state index is 12.5. The summed E-state index contributed by atoms with van der Waals surface area (Å²) in [5.41, 5.74) is 1.76. The van der Waals surface area contributed by atoms with Crippen LogP contribution in [0.15, 0.2) is 50.2 Å². The van der Waals surface area contributed by atoms with Crippen molar-refractivity contribution in [3.63, 3.8) is 0 Å². The Labute approximate surface area is 190 Å². The number of imide groups is 1. The Morgan fingerprint density at radius 1 is 1.14 bits per heavy atom. The smallest absolute Gasteiger partial charge is 0.293 e. The maximum Gasteiger partial charge on any atom is 0.293 e. The van der Waals surface area contributed by atoms with Gasteiger partial charge in [0.05, 0.1) is 16.5 Å². The summed E-state index contributed by atoms with van der Waals surface area (Å²) in [6, 6.07) is 11.3. The number of hydrogen-bond donors (Lipinski definition) is 0. The number of thioether (sulfide) groups is 1. The second kappa shape index (κ2) is 9.36. The summed E-state index contributed by atoms with van der Waals surface area (Å²) < 4.78 is 13.1. The number of benzene rings is 2. The summed E-state index contributed by atoms with van der Waals surface area (Å²) in [5, 5.41) is -0.253. The average molecular weight is 541 g/mol. The Morgan fingerprint density at radius 3 is 2.41 bits per heavy atom. The fraction of sp³-hybridized carbons (Fsp3) is 0.238. The highest BCUT2D eigenvalue weighted by molar-refractivity contribution is 9.10. The van der Waals surface area contributed by atoms with Crippen LogP contribution in [-0.4, -0.2) is 29.2 Å². The fourth-order valence-electron chi connectivity index (χ4n) is 2.78. The first kappa shape index (κ1) is 21.9. The van der Waals surface area contributed by atoms with E-state index >= 15 is 0 Å². The van der Waals surface area contributed by atoms with Gasteiger partial charge in [0.1, 0.15) is 6.61 Å². The molecule has 1 aliphatic rings. The van der Waals surface area contributed by atoms with Gasteiger partial charge in [-0.25, -0.2) is 0 Å². The molecule has 0 spiro atoms. The standard InChI is InChI=1S/C21H19Br2NO4S/c1-12(2)24-20(25)18(29-21(24)26)10-14-8-16(23)19(17(9-14)27-3)28-11-13-4-6-15(22)7-5-13/h4-10,12H,11H2,1-3H3/b18-10+. The lowest BCUT2D eigenvalue weighted by Gasteiger charge is -2.16. The average Bonchev–Trinajstić information content (AvgIpc) is 2.95. The van der Waals surface area contributed by atoms with Crippen LogP contribution < -0.4 is 9.47 Å². The Kier molecular flexibility index (Phi) is 7.08. The molecule has 0 atom stereocenters. The molecule has 0 unspecified atom stereocenters. The highest BCUT2D eigenvalue weighted by Crippen LogP contribution is 2.39. The third-order valence-corrected chi connectivity index (χ3v) is 6.19. The van der Waals surface area contributed by atoms with Crippen molar-refractivity contribution >= 4 is 60.8 Å². The van der Waals surface area contributed by atoms with E-state index in [0.29, 0.717) is 27.5 Å². The number of nitrogens with zero attached hydrogens (tertiary/aromatic N) is 1. The molecule has 8 heteroatoms. The molecule has 0 N–H and O–H groups in total. The number of rotatable bonds is 6. The molecule has 1 saturated heterocycles. The van der Waals surface area contributed by atoms with E-state index in [1.165, 1.54) is 4.90 Å². The van der Waals surface area contributed by atoms with Gasteiger partial charge in [-0.3, -0.25) is 14.5 Å². The van der Waals surface area contributed by atoms with Crippen molar-refractivity contribution in [1.82, 2.24) is 4.90 Å². The summed E-state index contributed by atoms with van der Waals surface area (Å²) >= 11 is 7.88. The van der Waals surface area contributed by atoms with Gasteiger partial charge >= 0.3 is 0 Å². The van der Waals surface area contributed by atoms with Crippen LogP contribution in [0, 0.1) is 0 Å². The zero-order valence-electron chi connectivity index (χ0n) is 16.1. The van der Waals surface area contributed by atoms with E-state index in [4.69, 9.17) is 9.47 Å². The van der Waals surface area contributed by atoms with Gasteiger partial charge in [0, 0.05) is 10.5 Å². The van der Waals surface area contributed by atoms with Gasteiger partial charge in [0.2, 0.25) is 0 Å². The zero-order chi connectivity index (χ0) is 21.1. The van der Waals surface area contributed by atoms with Crippen molar-refractivity contribution < 1.29 is 19.1 Å². The highest BCUT2D eigenvalue weighted by atomic mass is 79.9. The van der Waals surface area contributed by atoms with Gasteiger partial charge in [-0.2, -0.15) is 0 Å². The third-order valence-electron chi connectivity index (χ3n) is 4.19. The number of ether oxygens (including phenoxy) is 2. The molecule has 2 aromatic rings. The fourth-order valence-corrected chi connectivity index (χ4v) is 4.58. The number of amides is 2. The molecule has 0 bridgehead atoms. The van der Waals surface area contributed by atoms with Crippen molar-refractivity contribution in [1.29, 1.82) is 0 Å². The lowest BCUT2D eigenvalue weighted by molar-refractivity contribution is -0.123. The normalized spacial score (nSPS) is 15.5. The van der Waals surface area contributed by atoms with Crippen LogP contribution >= 0.6 is 43.6 Å². The molecule has 152 valence electrons. The molecule has 0 aliphatic carbocycles. The number of halogens is 2. The minimum Gasteiger partial charge on any atom is -0.493 e. The zero-order valence-corrected chi connectivity index (χ0v) is 20.1. The molecule has 5 nitrogen and oxygen atoms in total. The van der Waals surface area contributed by atoms with E-state index in [0.717, 1.165) is 27.4 Å². The SMILES string of the molecule is COc1cc(/C=C2/SC(=O)N(C(C)C)C2=O)cc(Br)c1OCc1ccc(Br)cc1. The lowest BCUT2D eigenvalue weighted by atomic mass is 10.1. The van der Waals surface area contributed by atoms with Crippen LogP contribution in [-0.2, 0) is 11.4 Å². The van der Waals surface area contributed by atoms with Gasteiger partial charge in [-0.1, -0.05) is 28.1 Å². The minimum absolute atomic E-state index is 0.177. The second-order valence-electron chi connectivity index (χ2n) is 6.59. The van der Waals surface area contributed by atoms with E-state index in [9.17, 15) is 9.59 Å². The Morgan fingerprint density at radius 2 is 1.83 bits per heavy atom. The topological polar surface area (TPSA) is 55.8 Å². The Bertz CT molecular complexity index is 973. The summed E-state index contributed by atoms with van der Waals surface area (Å²) in [6.07, 6.45) is 1.69. The Hall–Kier alpha value is -1.77. The van der Waals surface area contributed by atoms with Gasteiger partial charge in [-0.05, 0) is 83.0 Å². The molecule has 29 heavy (non-hydrogen) atoms. The largest absolute Gasteiger partial charge is 0.493 e. The van der Waals surface area contributed by atoms with Crippen molar-refractivity contribution in [3.05, 3.63) is 61.4 Å². The first-order chi connectivity index (χ1) is 13.8. The van der Waals surface area contributed by atoms with E-state index in [-0.39, 0.29) is 17.2 Å². The summed E-state index contributed by atoms with van der Waals surface area (Å²) in [5.74, 6) is 0.828. The molecule has 2 aromatic carbocycles. The predicted octanol–water partition coefficient (Wildman–Crippen LogP) is 6.24. The molecule has 3 rings (SSSR count). The number of carbonyl (C=O) groups excluding carboxylic acids is 2. The van der Waals surface area contributed by atoms with Gasteiger partial charge in [-0.15, -0.1) is 0 Å². The van der Waals surface area contributed by atoms with Crippen molar-refractivity contribution in [2.24, 2.45) is 0 Å². The molecule has 0 radical (unpaired) electrons. The summed E-state index contributed by atoms with van der Waals surface area (Å²) in [6.45, 7) is 4.02. The maximum atomic E-state index is 12.5. The number of hydrogen-bond acceptors (Lipinski definition) is 5. The molecule has 1 heterocycles. The minimum atomic E-state index is -0.277. The van der Waals surface area contributed by atoms with Gasteiger partial charge in [0.25, 0.3) is 11.1 Å². The second-order valence-corrected chi connectivity index (χ2v) is 9.36. The van der Waals surface area contributed by atoms with Crippen LogP contribution in [0.1, 0.15) is 25.0 Å². The van der Waals surface area contributed by atoms with E-state index in [2.05, 4.69) is 31.9 Å².